The lowest BCUT2D eigenvalue weighted by Crippen LogP contribution is -2.23. The van der Waals surface area contributed by atoms with Gasteiger partial charge in [0, 0.05) is 11.6 Å². The number of halogens is 1. The molecule has 122 valence electrons. The fourth-order valence-corrected chi connectivity index (χ4v) is 2.83. The van der Waals surface area contributed by atoms with E-state index in [0.29, 0.717) is 0 Å². The highest BCUT2D eigenvalue weighted by Gasteiger charge is 2.17. The van der Waals surface area contributed by atoms with Gasteiger partial charge in [0.2, 0.25) is 5.91 Å². The molecule has 0 radical (unpaired) electrons. The van der Waals surface area contributed by atoms with Gasteiger partial charge in [-0.05, 0) is 32.0 Å². The van der Waals surface area contributed by atoms with E-state index in [9.17, 15) is 9.18 Å². The molecule has 1 atom stereocenters. The van der Waals surface area contributed by atoms with Crippen molar-refractivity contribution in [1.29, 1.82) is 0 Å². The Bertz CT molecular complexity index is 706. The Morgan fingerprint density at radius 3 is 2.57 bits per heavy atom. The Hall–Kier alpha value is -1.95. The van der Waals surface area contributed by atoms with Gasteiger partial charge in [-0.25, -0.2) is 14.4 Å². The van der Waals surface area contributed by atoms with Gasteiger partial charge in [0.25, 0.3) is 0 Å². The summed E-state index contributed by atoms with van der Waals surface area (Å²) in [6.45, 7) is 7.73. The number of carbonyl (C=O) groups is 1. The molecule has 23 heavy (non-hydrogen) atoms. The SMILES string of the molecule is Cc1cc(S[C@H](C)C(=O)Nc2ccccc2F)nc(C(C)C)n1. The zero-order valence-corrected chi connectivity index (χ0v) is 14.4. The van der Waals surface area contributed by atoms with Crippen molar-refractivity contribution in [3.8, 4) is 0 Å². The summed E-state index contributed by atoms with van der Waals surface area (Å²) in [7, 11) is 0. The van der Waals surface area contributed by atoms with Crippen molar-refractivity contribution in [3.05, 3.63) is 47.7 Å². The second kappa shape index (κ2) is 7.55. The van der Waals surface area contributed by atoms with Crippen molar-refractivity contribution < 1.29 is 9.18 Å². The van der Waals surface area contributed by atoms with Crippen LogP contribution in [0.25, 0.3) is 0 Å². The van der Waals surface area contributed by atoms with Crippen molar-refractivity contribution in [2.24, 2.45) is 0 Å². The van der Waals surface area contributed by atoms with E-state index < -0.39 is 11.1 Å². The van der Waals surface area contributed by atoms with E-state index in [2.05, 4.69) is 15.3 Å². The van der Waals surface area contributed by atoms with Crippen molar-refractivity contribution in [3.63, 3.8) is 0 Å². The third kappa shape index (κ3) is 4.76. The van der Waals surface area contributed by atoms with Crippen molar-refractivity contribution in [1.82, 2.24) is 9.97 Å². The molecule has 1 aromatic heterocycles. The Morgan fingerprint density at radius 2 is 1.91 bits per heavy atom. The van der Waals surface area contributed by atoms with E-state index in [4.69, 9.17) is 0 Å². The van der Waals surface area contributed by atoms with Gasteiger partial charge in [0.1, 0.15) is 16.7 Å². The number of amides is 1. The summed E-state index contributed by atoms with van der Waals surface area (Å²) >= 11 is 1.34. The average Bonchev–Trinajstić information content (AvgIpc) is 2.48. The first-order chi connectivity index (χ1) is 10.9. The number of anilines is 1. The summed E-state index contributed by atoms with van der Waals surface area (Å²) in [5, 5.41) is 2.95. The minimum atomic E-state index is -0.446. The summed E-state index contributed by atoms with van der Waals surface area (Å²) in [5.41, 5.74) is 1.06. The molecule has 0 spiro atoms. The maximum absolute atomic E-state index is 13.6. The zero-order valence-electron chi connectivity index (χ0n) is 13.6. The summed E-state index contributed by atoms with van der Waals surface area (Å²) in [4.78, 5) is 21.1. The van der Waals surface area contributed by atoms with Crippen LogP contribution in [0, 0.1) is 12.7 Å². The van der Waals surface area contributed by atoms with E-state index in [0.717, 1.165) is 16.5 Å². The number of aromatic nitrogens is 2. The molecule has 1 aromatic carbocycles. The summed E-state index contributed by atoms with van der Waals surface area (Å²) in [6, 6.07) is 7.97. The van der Waals surface area contributed by atoms with Crippen molar-refractivity contribution in [2.75, 3.05) is 5.32 Å². The van der Waals surface area contributed by atoms with Gasteiger partial charge < -0.3 is 5.32 Å². The molecular weight excluding hydrogens is 313 g/mol. The second-order valence-electron chi connectivity index (χ2n) is 5.59. The van der Waals surface area contributed by atoms with Crippen LogP contribution in [0.1, 0.15) is 38.2 Å². The van der Waals surface area contributed by atoms with Gasteiger partial charge >= 0.3 is 0 Å². The fraction of sp³-hybridized carbons (Fsp3) is 0.353. The van der Waals surface area contributed by atoms with Crippen LogP contribution in [0.5, 0.6) is 0 Å². The molecule has 0 aliphatic carbocycles. The number of rotatable bonds is 5. The maximum atomic E-state index is 13.6. The summed E-state index contributed by atoms with van der Waals surface area (Å²) in [5.74, 6) is 0.270. The lowest BCUT2D eigenvalue weighted by molar-refractivity contribution is -0.115. The van der Waals surface area contributed by atoms with Gasteiger partial charge in [-0.1, -0.05) is 37.7 Å². The highest BCUT2D eigenvalue weighted by molar-refractivity contribution is 8.00. The Labute approximate surface area is 139 Å². The van der Waals surface area contributed by atoms with Gasteiger partial charge in [-0.2, -0.15) is 0 Å². The number of nitrogens with zero attached hydrogens (tertiary/aromatic N) is 2. The third-order valence-corrected chi connectivity index (χ3v) is 4.18. The largest absolute Gasteiger partial charge is 0.323 e. The molecule has 2 aromatic rings. The van der Waals surface area contributed by atoms with Crippen molar-refractivity contribution in [2.45, 2.75) is 43.9 Å². The van der Waals surface area contributed by atoms with Gasteiger partial charge in [-0.15, -0.1) is 0 Å². The minimum Gasteiger partial charge on any atom is -0.323 e. The van der Waals surface area contributed by atoms with Gasteiger partial charge in [-0.3, -0.25) is 4.79 Å². The molecule has 0 fully saturated rings. The predicted molar refractivity (Wildman–Crippen MR) is 91.2 cm³/mol. The molecule has 0 aliphatic rings. The second-order valence-corrected chi connectivity index (χ2v) is 6.95. The molecule has 0 aliphatic heterocycles. The summed E-state index contributed by atoms with van der Waals surface area (Å²) in [6.07, 6.45) is 0. The van der Waals surface area contributed by atoms with Crippen molar-refractivity contribution >= 4 is 23.4 Å². The number of hydrogen-bond acceptors (Lipinski definition) is 4. The normalized spacial score (nSPS) is 12.3. The van der Waals surface area contributed by atoms with Crippen LogP contribution < -0.4 is 5.32 Å². The number of thioether (sulfide) groups is 1. The lowest BCUT2D eigenvalue weighted by atomic mass is 10.2. The standard InChI is InChI=1S/C17H20FN3OS/c1-10(2)16-19-11(3)9-15(21-16)23-12(4)17(22)20-14-8-6-5-7-13(14)18/h5-10,12H,1-4H3,(H,20,22)/t12-/m1/s1. The quantitative estimate of drug-likeness (QED) is 0.659. The molecule has 0 unspecified atom stereocenters. The van der Waals surface area contributed by atoms with Crippen LogP contribution in [0.3, 0.4) is 0 Å². The summed E-state index contributed by atoms with van der Waals surface area (Å²) < 4.78 is 13.6. The molecular formula is C17H20FN3OS. The first kappa shape index (κ1) is 17.4. The lowest BCUT2D eigenvalue weighted by Gasteiger charge is -2.13. The number of para-hydroxylation sites is 1. The number of benzene rings is 1. The molecule has 0 bridgehead atoms. The average molecular weight is 333 g/mol. The number of hydrogen-bond donors (Lipinski definition) is 1. The van der Waals surface area contributed by atoms with E-state index in [-0.39, 0.29) is 17.5 Å². The van der Waals surface area contributed by atoms with E-state index in [1.165, 1.54) is 23.9 Å². The predicted octanol–water partition coefficient (Wildman–Crippen LogP) is 4.17. The van der Waals surface area contributed by atoms with E-state index in [1.54, 1.807) is 19.1 Å². The van der Waals surface area contributed by atoms with Gasteiger partial charge in [0.15, 0.2) is 0 Å². The van der Waals surface area contributed by atoms with Gasteiger partial charge in [0.05, 0.1) is 10.9 Å². The van der Waals surface area contributed by atoms with Crippen LogP contribution in [-0.4, -0.2) is 21.1 Å². The third-order valence-electron chi connectivity index (χ3n) is 3.16. The first-order valence-corrected chi connectivity index (χ1v) is 8.32. The Morgan fingerprint density at radius 1 is 1.22 bits per heavy atom. The number of aryl methyl sites for hydroxylation is 1. The molecule has 2 rings (SSSR count). The smallest absolute Gasteiger partial charge is 0.237 e. The zero-order chi connectivity index (χ0) is 17.0. The van der Waals surface area contributed by atoms with Crippen LogP contribution in [0.2, 0.25) is 0 Å². The van der Waals surface area contributed by atoms with Crippen LogP contribution in [0.4, 0.5) is 10.1 Å². The van der Waals surface area contributed by atoms with Crippen LogP contribution in [0.15, 0.2) is 35.4 Å². The van der Waals surface area contributed by atoms with E-state index in [1.807, 2.05) is 26.8 Å². The highest BCUT2D eigenvalue weighted by Crippen LogP contribution is 2.25. The Kier molecular flexibility index (Phi) is 5.71. The first-order valence-electron chi connectivity index (χ1n) is 7.44. The topological polar surface area (TPSA) is 54.9 Å². The maximum Gasteiger partial charge on any atom is 0.237 e. The number of nitrogens with one attached hydrogen (secondary N) is 1. The molecule has 6 heteroatoms. The molecule has 1 heterocycles. The molecule has 1 N–H and O–H groups in total. The highest BCUT2D eigenvalue weighted by atomic mass is 32.2. The molecule has 4 nitrogen and oxygen atoms in total. The fourth-order valence-electron chi connectivity index (χ4n) is 1.91. The van der Waals surface area contributed by atoms with Crippen LogP contribution >= 0.6 is 11.8 Å². The number of carbonyl (C=O) groups excluding carboxylic acids is 1. The minimum absolute atomic E-state index is 0.187. The Balaban J connectivity index is 2.08. The monoisotopic (exact) mass is 333 g/mol. The molecule has 0 saturated carbocycles. The molecule has 1 amide bonds. The van der Waals surface area contributed by atoms with Crippen LogP contribution in [-0.2, 0) is 4.79 Å². The van der Waals surface area contributed by atoms with E-state index >= 15 is 0 Å². The molecule has 0 saturated heterocycles.